The molecular formula is C30H43NO3S. The molecule has 0 N–H and O–H groups in total. The Hall–Kier alpha value is -2.50. The molecule has 0 unspecified atom stereocenters. The summed E-state index contributed by atoms with van der Waals surface area (Å²) in [6.07, 6.45) is 18.7. The van der Waals surface area contributed by atoms with Crippen molar-refractivity contribution in [2.75, 3.05) is 0 Å². The number of benzene rings is 1. The van der Waals surface area contributed by atoms with Crippen LogP contribution in [-0.4, -0.2) is 13.0 Å². The van der Waals surface area contributed by atoms with Crippen LogP contribution < -0.4 is 4.57 Å². The Morgan fingerprint density at radius 2 is 1.40 bits per heavy atom. The summed E-state index contributed by atoms with van der Waals surface area (Å²) in [5.74, 6) is 0. The number of unbranched alkanes of at least 4 members (excludes halogenated alkanes) is 1. The highest BCUT2D eigenvalue weighted by atomic mass is 32.2. The standard InChI is InChI=1S/C23H36N.C7H8O3S/c1-20(2)11-8-13-22(4)15-9-14-21(3)12-6-7-17-24-18-10-16-23(5)19-24;1-6-2-4-7(5-3-6)11(8,9)10/h10-12,15-16,18-19H,6-9,13-14,17H2,1-5H3;2-5H,1H3,(H,8,9,10)/q+1;/p-1/b21-12?,22-15+;. The summed E-state index contributed by atoms with van der Waals surface area (Å²) >= 11 is 0. The fourth-order valence-electron chi connectivity index (χ4n) is 3.46. The van der Waals surface area contributed by atoms with Crippen molar-refractivity contribution in [2.45, 2.75) is 91.5 Å². The molecule has 192 valence electrons. The highest BCUT2D eigenvalue weighted by Crippen LogP contribution is 2.12. The molecule has 0 aliphatic heterocycles. The van der Waals surface area contributed by atoms with Gasteiger partial charge in [0.05, 0.1) is 4.90 Å². The van der Waals surface area contributed by atoms with E-state index in [1.807, 2.05) is 6.92 Å². The molecule has 1 heterocycles. The third-order valence-electron chi connectivity index (χ3n) is 5.55. The molecular weight excluding hydrogens is 454 g/mol. The van der Waals surface area contributed by atoms with Gasteiger partial charge in [0.15, 0.2) is 12.4 Å². The first-order valence-corrected chi connectivity index (χ1v) is 13.8. The molecule has 1 aromatic heterocycles. The highest BCUT2D eigenvalue weighted by Gasteiger charge is 1.99. The minimum Gasteiger partial charge on any atom is -0.744 e. The molecule has 4 nitrogen and oxygen atoms in total. The van der Waals surface area contributed by atoms with Gasteiger partial charge in [-0.25, -0.2) is 13.0 Å². The zero-order chi connectivity index (χ0) is 26.3. The van der Waals surface area contributed by atoms with Crippen molar-refractivity contribution in [3.05, 3.63) is 94.9 Å². The summed E-state index contributed by atoms with van der Waals surface area (Å²) in [5.41, 5.74) is 6.73. The number of hydrogen-bond donors (Lipinski definition) is 0. The summed E-state index contributed by atoms with van der Waals surface area (Å²) in [7, 11) is -4.27. The van der Waals surface area contributed by atoms with E-state index < -0.39 is 10.1 Å². The van der Waals surface area contributed by atoms with Crippen LogP contribution in [0.5, 0.6) is 0 Å². The zero-order valence-electron chi connectivity index (χ0n) is 22.4. The fourth-order valence-corrected chi connectivity index (χ4v) is 3.93. The van der Waals surface area contributed by atoms with Crippen LogP contribution in [0, 0.1) is 13.8 Å². The Morgan fingerprint density at radius 3 is 1.94 bits per heavy atom. The molecule has 0 spiro atoms. The van der Waals surface area contributed by atoms with Gasteiger partial charge in [-0.2, -0.15) is 0 Å². The van der Waals surface area contributed by atoms with Crippen molar-refractivity contribution in [3.8, 4) is 0 Å². The van der Waals surface area contributed by atoms with Crippen molar-refractivity contribution in [1.82, 2.24) is 0 Å². The molecule has 5 heteroatoms. The molecule has 0 radical (unpaired) electrons. The second-order valence-electron chi connectivity index (χ2n) is 9.49. The topological polar surface area (TPSA) is 61.1 Å². The molecule has 35 heavy (non-hydrogen) atoms. The van der Waals surface area contributed by atoms with E-state index in [0.717, 1.165) is 12.1 Å². The summed E-state index contributed by atoms with van der Waals surface area (Å²) in [6, 6.07) is 10.1. The van der Waals surface area contributed by atoms with Gasteiger partial charge >= 0.3 is 0 Å². The van der Waals surface area contributed by atoms with Crippen LogP contribution in [0.4, 0.5) is 0 Å². The van der Waals surface area contributed by atoms with Crippen molar-refractivity contribution in [3.63, 3.8) is 0 Å². The number of hydrogen-bond acceptors (Lipinski definition) is 3. The Kier molecular flexibility index (Phi) is 14.2. The van der Waals surface area contributed by atoms with E-state index in [1.54, 1.807) is 12.1 Å². The molecule has 0 atom stereocenters. The Bertz CT molecular complexity index is 1090. The summed E-state index contributed by atoms with van der Waals surface area (Å²) in [5, 5.41) is 0. The van der Waals surface area contributed by atoms with E-state index in [1.165, 1.54) is 72.9 Å². The lowest BCUT2D eigenvalue weighted by Crippen LogP contribution is -2.32. The Morgan fingerprint density at radius 1 is 0.829 bits per heavy atom. The van der Waals surface area contributed by atoms with Gasteiger partial charge in [-0.15, -0.1) is 0 Å². The van der Waals surface area contributed by atoms with Crippen molar-refractivity contribution < 1.29 is 17.5 Å². The number of nitrogens with zero attached hydrogens (tertiary/aromatic N) is 1. The molecule has 2 aromatic rings. The highest BCUT2D eigenvalue weighted by molar-refractivity contribution is 7.85. The number of allylic oxidation sites excluding steroid dienone is 6. The van der Waals surface area contributed by atoms with Gasteiger partial charge in [0.25, 0.3) is 0 Å². The van der Waals surface area contributed by atoms with E-state index in [9.17, 15) is 13.0 Å². The van der Waals surface area contributed by atoms with Crippen LogP contribution in [0.1, 0.15) is 77.3 Å². The maximum atomic E-state index is 10.4. The summed E-state index contributed by atoms with van der Waals surface area (Å²) in [4.78, 5) is -0.178. The SMILES string of the molecule is CC(C)=CCC/C(C)=C/CCC(C)=CCCC[n+]1cccc(C)c1.Cc1ccc(S(=O)(=O)[O-])cc1. The van der Waals surface area contributed by atoms with Crippen LogP contribution in [0.15, 0.2) is 88.6 Å². The molecule has 0 fully saturated rings. The van der Waals surface area contributed by atoms with Crippen LogP contribution >= 0.6 is 0 Å². The molecule has 1 aromatic carbocycles. The molecule has 0 saturated carbocycles. The molecule has 0 bridgehead atoms. The van der Waals surface area contributed by atoms with E-state index >= 15 is 0 Å². The largest absolute Gasteiger partial charge is 0.744 e. The quantitative estimate of drug-likeness (QED) is 0.141. The first-order valence-electron chi connectivity index (χ1n) is 12.4. The van der Waals surface area contributed by atoms with Gasteiger partial charge in [0.1, 0.15) is 16.7 Å². The number of rotatable bonds is 11. The maximum absolute atomic E-state index is 10.4. The van der Waals surface area contributed by atoms with E-state index in [-0.39, 0.29) is 4.90 Å². The van der Waals surface area contributed by atoms with Gasteiger partial charge in [-0.3, -0.25) is 0 Å². The molecule has 0 amide bonds. The predicted molar refractivity (Wildman–Crippen MR) is 145 cm³/mol. The lowest BCUT2D eigenvalue weighted by atomic mass is 10.1. The minimum atomic E-state index is -4.27. The van der Waals surface area contributed by atoms with Crippen LogP contribution in [0.3, 0.4) is 0 Å². The second-order valence-corrected chi connectivity index (χ2v) is 10.9. The summed E-state index contributed by atoms with van der Waals surface area (Å²) in [6.45, 7) is 13.9. The molecule has 2 rings (SSSR count). The van der Waals surface area contributed by atoms with Gasteiger partial charge in [-0.1, -0.05) is 52.6 Å². The van der Waals surface area contributed by atoms with Gasteiger partial charge in [-0.05, 0) is 91.8 Å². The Balaban J connectivity index is 0.000000462. The zero-order valence-corrected chi connectivity index (χ0v) is 23.2. The van der Waals surface area contributed by atoms with E-state index in [2.05, 4.69) is 81.9 Å². The summed E-state index contributed by atoms with van der Waals surface area (Å²) < 4.78 is 33.5. The Labute approximate surface area is 213 Å². The smallest absolute Gasteiger partial charge is 0.171 e. The van der Waals surface area contributed by atoms with Crippen LogP contribution in [0.25, 0.3) is 0 Å². The lowest BCUT2D eigenvalue weighted by molar-refractivity contribution is -0.697. The number of aromatic nitrogens is 1. The third kappa shape index (κ3) is 15.2. The molecule has 0 saturated heterocycles. The normalized spacial score (nSPS) is 12.1. The van der Waals surface area contributed by atoms with Crippen molar-refractivity contribution >= 4 is 10.1 Å². The predicted octanol–water partition coefficient (Wildman–Crippen LogP) is 7.38. The van der Waals surface area contributed by atoms with Gasteiger partial charge in [0.2, 0.25) is 0 Å². The van der Waals surface area contributed by atoms with Crippen LogP contribution in [0.2, 0.25) is 0 Å². The van der Waals surface area contributed by atoms with Crippen molar-refractivity contribution in [1.29, 1.82) is 0 Å². The monoisotopic (exact) mass is 497 g/mol. The average molecular weight is 498 g/mol. The van der Waals surface area contributed by atoms with E-state index in [4.69, 9.17) is 0 Å². The fraction of sp³-hybridized carbons (Fsp3) is 0.433. The van der Waals surface area contributed by atoms with Gasteiger partial charge < -0.3 is 4.55 Å². The van der Waals surface area contributed by atoms with Crippen LogP contribution in [-0.2, 0) is 16.7 Å². The first-order chi connectivity index (χ1) is 16.5. The minimum absolute atomic E-state index is 0.178. The first kappa shape index (κ1) is 30.5. The van der Waals surface area contributed by atoms with Gasteiger partial charge in [0, 0.05) is 18.1 Å². The molecule has 0 aliphatic carbocycles. The van der Waals surface area contributed by atoms with Crippen molar-refractivity contribution in [2.24, 2.45) is 0 Å². The maximum Gasteiger partial charge on any atom is 0.171 e. The third-order valence-corrected chi connectivity index (χ3v) is 6.40. The number of aryl methyl sites for hydroxylation is 3. The van der Waals surface area contributed by atoms with E-state index in [0.29, 0.717) is 0 Å². The second kappa shape index (κ2) is 16.2. The number of pyridine rings is 1. The average Bonchev–Trinajstić information content (AvgIpc) is 2.77. The lowest BCUT2D eigenvalue weighted by Gasteiger charge is -2.05. The molecule has 0 aliphatic rings.